The normalized spacial score (nSPS) is 15.8. The molecular weight excluding hydrogens is 196 g/mol. The van der Waals surface area contributed by atoms with E-state index in [0.29, 0.717) is 6.04 Å². The van der Waals surface area contributed by atoms with Gasteiger partial charge in [-0.3, -0.25) is 10.1 Å². The molecule has 0 atom stereocenters. The lowest BCUT2D eigenvalue weighted by Gasteiger charge is -2.36. The summed E-state index contributed by atoms with van der Waals surface area (Å²) in [6.07, 6.45) is 1.29. The van der Waals surface area contributed by atoms with Gasteiger partial charge in [-0.1, -0.05) is 0 Å². The van der Waals surface area contributed by atoms with Crippen LogP contribution in [0.25, 0.3) is 0 Å². The van der Waals surface area contributed by atoms with Gasteiger partial charge in [-0.2, -0.15) is 0 Å². The molecule has 0 spiro atoms. The Morgan fingerprint density at radius 3 is 2.73 bits per heavy atom. The predicted molar refractivity (Wildman–Crippen MR) is 56.0 cm³/mol. The van der Waals surface area contributed by atoms with Gasteiger partial charge in [0.25, 0.3) is 5.69 Å². The summed E-state index contributed by atoms with van der Waals surface area (Å²) in [6.45, 7) is 1.88. The van der Waals surface area contributed by atoms with Crippen LogP contribution in [-0.2, 0) is 0 Å². The molecule has 6 nitrogen and oxygen atoms in total. The second-order valence-corrected chi connectivity index (χ2v) is 3.55. The summed E-state index contributed by atoms with van der Waals surface area (Å²) < 4.78 is 0. The van der Waals surface area contributed by atoms with E-state index >= 15 is 0 Å². The topological polar surface area (TPSA) is 71.3 Å². The number of anilines is 1. The number of pyridine rings is 1. The first kappa shape index (κ1) is 9.85. The third-order valence-electron chi connectivity index (χ3n) is 2.61. The Hall–Kier alpha value is -1.69. The maximum atomic E-state index is 10.4. The minimum Gasteiger partial charge on any atom is -0.354 e. The number of aromatic nitrogens is 1. The van der Waals surface area contributed by atoms with E-state index in [1.807, 2.05) is 11.9 Å². The van der Waals surface area contributed by atoms with Crippen LogP contribution in [0.2, 0.25) is 0 Å². The van der Waals surface area contributed by atoms with Gasteiger partial charge in [-0.15, -0.1) is 0 Å². The summed E-state index contributed by atoms with van der Waals surface area (Å²) in [4.78, 5) is 16.1. The zero-order chi connectivity index (χ0) is 10.8. The Morgan fingerprint density at radius 1 is 1.60 bits per heavy atom. The van der Waals surface area contributed by atoms with Gasteiger partial charge in [0.1, 0.15) is 12.0 Å². The Morgan fingerprint density at radius 2 is 2.33 bits per heavy atom. The fourth-order valence-electron chi connectivity index (χ4n) is 1.43. The van der Waals surface area contributed by atoms with Crippen LogP contribution in [0.1, 0.15) is 0 Å². The molecule has 0 unspecified atom stereocenters. The van der Waals surface area contributed by atoms with Crippen LogP contribution < -0.4 is 10.2 Å². The molecule has 1 aromatic heterocycles. The van der Waals surface area contributed by atoms with Crippen molar-refractivity contribution in [3.63, 3.8) is 0 Å². The highest BCUT2D eigenvalue weighted by Gasteiger charge is 2.22. The van der Waals surface area contributed by atoms with E-state index in [9.17, 15) is 10.1 Å². The molecule has 0 saturated carbocycles. The minimum absolute atomic E-state index is 0.0267. The summed E-state index contributed by atoms with van der Waals surface area (Å²) in [5.41, 5.74) is 0.0267. The van der Waals surface area contributed by atoms with Gasteiger partial charge >= 0.3 is 0 Å². The highest BCUT2D eigenvalue weighted by atomic mass is 16.6. The number of nitrogens with zero attached hydrogens (tertiary/aromatic N) is 3. The lowest BCUT2D eigenvalue weighted by atomic mass is 10.1. The smallest absolute Gasteiger partial charge is 0.287 e. The van der Waals surface area contributed by atoms with Crippen molar-refractivity contribution in [2.45, 2.75) is 6.04 Å². The molecular formula is C9H12N4O2. The third kappa shape index (κ3) is 1.89. The van der Waals surface area contributed by atoms with Gasteiger partial charge in [-0.05, 0) is 6.07 Å². The van der Waals surface area contributed by atoms with Gasteiger partial charge in [0.2, 0.25) is 0 Å². The molecule has 0 radical (unpaired) electrons. The third-order valence-corrected chi connectivity index (χ3v) is 2.61. The molecule has 1 fully saturated rings. The number of rotatable bonds is 3. The summed E-state index contributed by atoms with van der Waals surface area (Å²) in [6, 6.07) is 3.60. The first-order chi connectivity index (χ1) is 7.18. The summed E-state index contributed by atoms with van der Waals surface area (Å²) in [5, 5.41) is 13.6. The fraction of sp³-hybridized carbons (Fsp3) is 0.444. The first-order valence-corrected chi connectivity index (χ1v) is 4.72. The zero-order valence-electron chi connectivity index (χ0n) is 8.38. The van der Waals surface area contributed by atoms with E-state index in [4.69, 9.17) is 0 Å². The van der Waals surface area contributed by atoms with Crippen LogP contribution in [-0.4, -0.2) is 36.1 Å². The second-order valence-electron chi connectivity index (χ2n) is 3.55. The molecule has 0 aliphatic carbocycles. The molecule has 15 heavy (non-hydrogen) atoms. The SMILES string of the molecule is CN(c1ccc([N+](=O)[O-])cn1)C1CNC1. The molecule has 0 aromatic carbocycles. The largest absolute Gasteiger partial charge is 0.354 e. The number of nitrogens with one attached hydrogen (secondary N) is 1. The monoisotopic (exact) mass is 208 g/mol. The van der Waals surface area contributed by atoms with E-state index in [1.54, 1.807) is 6.07 Å². The van der Waals surface area contributed by atoms with Crippen LogP contribution in [0.15, 0.2) is 18.3 Å². The Bertz CT molecular complexity index is 361. The second kappa shape index (κ2) is 3.82. The molecule has 1 aromatic rings. The van der Waals surface area contributed by atoms with Gasteiger partial charge in [0.15, 0.2) is 0 Å². The number of likely N-dealkylation sites (N-methyl/N-ethyl adjacent to an activating group) is 1. The summed E-state index contributed by atoms with van der Waals surface area (Å²) in [7, 11) is 1.94. The molecule has 0 bridgehead atoms. The van der Waals surface area contributed by atoms with Crippen molar-refractivity contribution >= 4 is 11.5 Å². The highest BCUT2D eigenvalue weighted by Crippen LogP contribution is 2.17. The van der Waals surface area contributed by atoms with Gasteiger partial charge in [0, 0.05) is 26.2 Å². The number of hydrogen-bond acceptors (Lipinski definition) is 5. The van der Waals surface area contributed by atoms with E-state index in [-0.39, 0.29) is 5.69 Å². The molecule has 80 valence electrons. The zero-order valence-corrected chi connectivity index (χ0v) is 8.38. The van der Waals surface area contributed by atoms with Gasteiger partial charge in [-0.25, -0.2) is 4.98 Å². The van der Waals surface area contributed by atoms with Crippen LogP contribution in [0.4, 0.5) is 11.5 Å². The average Bonchev–Trinajstić information content (AvgIpc) is 2.15. The predicted octanol–water partition coefficient (Wildman–Crippen LogP) is 0.398. The van der Waals surface area contributed by atoms with Crippen molar-refractivity contribution in [2.24, 2.45) is 0 Å². The van der Waals surface area contributed by atoms with Crippen molar-refractivity contribution < 1.29 is 4.92 Å². The molecule has 1 aliphatic rings. The minimum atomic E-state index is -0.443. The van der Waals surface area contributed by atoms with Crippen LogP contribution in [0.3, 0.4) is 0 Å². The van der Waals surface area contributed by atoms with Crippen LogP contribution in [0.5, 0.6) is 0 Å². The van der Waals surface area contributed by atoms with Crippen molar-refractivity contribution in [1.29, 1.82) is 0 Å². The van der Waals surface area contributed by atoms with Crippen LogP contribution >= 0.6 is 0 Å². The maximum absolute atomic E-state index is 10.4. The van der Waals surface area contributed by atoms with Crippen LogP contribution in [0, 0.1) is 10.1 Å². The standard InChI is InChI=1S/C9H12N4O2/c1-12(8-4-10-5-8)9-3-2-7(6-11-9)13(14)15/h2-3,6,8,10H,4-5H2,1H3. The van der Waals surface area contributed by atoms with Crippen molar-refractivity contribution in [3.8, 4) is 0 Å². The molecule has 1 N–H and O–H groups in total. The van der Waals surface area contributed by atoms with Crippen molar-refractivity contribution in [2.75, 3.05) is 25.0 Å². The maximum Gasteiger partial charge on any atom is 0.287 e. The lowest BCUT2D eigenvalue weighted by molar-refractivity contribution is -0.385. The lowest BCUT2D eigenvalue weighted by Crippen LogP contribution is -2.56. The molecule has 0 amide bonds. The number of nitro groups is 1. The summed E-state index contributed by atoms with van der Waals surface area (Å²) in [5.74, 6) is 0.770. The van der Waals surface area contributed by atoms with E-state index in [2.05, 4.69) is 10.3 Å². The number of hydrogen-bond donors (Lipinski definition) is 1. The molecule has 2 heterocycles. The molecule has 6 heteroatoms. The quantitative estimate of drug-likeness (QED) is 0.575. The van der Waals surface area contributed by atoms with Crippen molar-refractivity contribution in [1.82, 2.24) is 10.3 Å². The summed E-state index contributed by atoms with van der Waals surface area (Å²) >= 11 is 0. The molecule has 1 aliphatic heterocycles. The Balaban J connectivity index is 2.11. The first-order valence-electron chi connectivity index (χ1n) is 4.72. The molecule has 2 rings (SSSR count). The fourth-order valence-corrected chi connectivity index (χ4v) is 1.43. The van der Waals surface area contributed by atoms with E-state index in [0.717, 1.165) is 18.9 Å². The van der Waals surface area contributed by atoms with E-state index in [1.165, 1.54) is 12.3 Å². The Labute approximate surface area is 87.1 Å². The highest BCUT2D eigenvalue weighted by molar-refractivity contribution is 5.43. The Kier molecular flexibility index (Phi) is 2.51. The van der Waals surface area contributed by atoms with Gasteiger partial charge < -0.3 is 10.2 Å². The van der Waals surface area contributed by atoms with Gasteiger partial charge in [0.05, 0.1) is 11.0 Å². The van der Waals surface area contributed by atoms with Crippen molar-refractivity contribution in [3.05, 3.63) is 28.4 Å². The van der Waals surface area contributed by atoms with E-state index < -0.39 is 4.92 Å². The average molecular weight is 208 g/mol. The molecule has 1 saturated heterocycles.